The van der Waals surface area contributed by atoms with E-state index in [1.54, 1.807) is 0 Å². The Labute approximate surface area is 90.3 Å². The minimum atomic E-state index is 0.337. The molecule has 1 N–H and O–H groups in total. The van der Waals surface area contributed by atoms with Crippen molar-refractivity contribution in [3.8, 4) is 0 Å². The molecule has 0 aliphatic heterocycles. The highest BCUT2D eigenvalue weighted by Gasteiger charge is 2.16. The van der Waals surface area contributed by atoms with Gasteiger partial charge in [-0.1, -0.05) is 25.1 Å². The van der Waals surface area contributed by atoms with Crippen molar-refractivity contribution in [3.63, 3.8) is 0 Å². The Hall–Kier alpha value is -1.28. The first-order chi connectivity index (χ1) is 7.27. The lowest BCUT2D eigenvalue weighted by atomic mass is 10.0. The van der Waals surface area contributed by atoms with E-state index < -0.39 is 0 Å². The van der Waals surface area contributed by atoms with Crippen molar-refractivity contribution in [2.75, 3.05) is 7.05 Å². The molecular weight excluding hydrogens is 186 g/mol. The first kappa shape index (κ1) is 10.2. The van der Waals surface area contributed by atoms with Gasteiger partial charge in [-0.15, -0.1) is 0 Å². The van der Waals surface area contributed by atoms with E-state index in [0.717, 1.165) is 17.8 Å². The van der Waals surface area contributed by atoms with E-state index in [9.17, 15) is 0 Å². The van der Waals surface area contributed by atoms with Crippen LogP contribution in [0.5, 0.6) is 0 Å². The minimum Gasteiger partial charge on any atom is -0.461 e. The van der Waals surface area contributed by atoms with Crippen molar-refractivity contribution in [1.82, 2.24) is 5.32 Å². The average Bonchev–Trinajstić information content (AvgIpc) is 2.66. The third kappa shape index (κ3) is 1.65. The Balaban J connectivity index is 2.66. The fraction of sp³-hybridized carbons (Fsp3) is 0.385. The topological polar surface area (TPSA) is 25.2 Å². The predicted molar refractivity (Wildman–Crippen MR) is 63.1 cm³/mol. The molecule has 0 spiro atoms. The molecule has 2 nitrogen and oxygen atoms in total. The van der Waals surface area contributed by atoms with Crippen LogP contribution in [0.3, 0.4) is 0 Å². The second-order valence-electron chi connectivity index (χ2n) is 3.80. The molecule has 2 aromatic rings. The number of fused-ring (bicyclic) bond motifs is 1. The van der Waals surface area contributed by atoms with Crippen LogP contribution < -0.4 is 5.32 Å². The lowest BCUT2D eigenvalue weighted by molar-refractivity contribution is 0.534. The van der Waals surface area contributed by atoms with Gasteiger partial charge in [0.2, 0.25) is 0 Å². The Morgan fingerprint density at radius 3 is 2.73 bits per heavy atom. The summed E-state index contributed by atoms with van der Waals surface area (Å²) in [5.41, 5.74) is 2.29. The highest BCUT2D eigenvalue weighted by Crippen LogP contribution is 2.30. The van der Waals surface area contributed by atoms with Gasteiger partial charge in [0.1, 0.15) is 11.3 Å². The zero-order valence-electron chi connectivity index (χ0n) is 9.50. The molecule has 1 aromatic heterocycles. The molecule has 1 heterocycles. The second-order valence-corrected chi connectivity index (χ2v) is 3.80. The van der Waals surface area contributed by atoms with Crippen molar-refractivity contribution in [3.05, 3.63) is 35.6 Å². The van der Waals surface area contributed by atoms with Gasteiger partial charge in [0.05, 0.1) is 0 Å². The normalized spacial score (nSPS) is 13.3. The molecule has 2 rings (SSSR count). The van der Waals surface area contributed by atoms with Crippen LogP contribution in [0.4, 0.5) is 0 Å². The first-order valence-corrected chi connectivity index (χ1v) is 5.45. The summed E-state index contributed by atoms with van der Waals surface area (Å²) in [6.07, 6.45) is 0.941. The second kappa shape index (κ2) is 4.07. The monoisotopic (exact) mass is 203 g/mol. The Bertz CT molecular complexity index is 459. The minimum absolute atomic E-state index is 0.337. The molecule has 2 heteroatoms. The molecule has 0 amide bonds. The summed E-state index contributed by atoms with van der Waals surface area (Å²) in [7, 11) is 1.98. The van der Waals surface area contributed by atoms with Gasteiger partial charge < -0.3 is 9.73 Å². The molecule has 0 aliphatic rings. The summed E-state index contributed by atoms with van der Waals surface area (Å²) in [6.45, 7) is 4.29. The van der Waals surface area contributed by atoms with Crippen LogP contribution in [-0.2, 0) is 6.42 Å². The van der Waals surface area contributed by atoms with E-state index in [1.165, 1.54) is 10.9 Å². The molecule has 1 unspecified atom stereocenters. The van der Waals surface area contributed by atoms with Crippen LogP contribution in [0.2, 0.25) is 0 Å². The van der Waals surface area contributed by atoms with Crippen molar-refractivity contribution < 1.29 is 4.42 Å². The van der Waals surface area contributed by atoms with Crippen LogP contribution >= 0.6 is 0 Å². The number of nitrogens with one attached hydrogen (secondary N) is 1. The Morgan fingerprint density at radius 1 is 1.33 bits per heavy atom. The van der Waals surface area contributed by atoms with Gasteiger partial charge >= 0.3 is 0 Å². The smallest absolute Gasteiger partial charge is 0.134 e. The molecule has 15 heavy (non-hydrogen) atoms. The van der Waals surface area contributed by atoms with E-state index in [0.29, 0.717) is 6.04 Å². The van der Waals surface area contributed by atoms with E-state index in [2.05, 4.69) is 31.3 Å². The maximum absolute atomic E-state index is 5.83. The highest BCUT2D eigenvalue weighted by atomic mass is 16.3. The van der Waals surface area contributed by atoms with E-state index in [4.69, 9.17) is 4.42 Å². The Kier molecular flexibility index (Phi) is 2.78. The van der Waals surface area contributed by atoms with Crippen molar-refractivity contribution in [2.24, 2.45) is 0 Å². The first-order valence-electron chi connectivity index (χ1n) is 5.45. The molecule has 0 saturated heterocycles. The van der Waals surface area contributed by atoms with Gasteiger partial charge in [0, 0.05) is 23.4 Å². The molecular formula is C13H17NO. The van der Waals surface area contributed by atoms with E-state index in [1.807, 2.05) is 19.2 Å². The number of para-hydroxylation sites is 1. The Morgan fingerprint density at radius 2 is 2.07 bits per heavy atom. The summed E-state index contributed by atoms with van der Waals surface area (Å²) in [6, 6.07) is 8.56. The molecule has 0 fully saturated rings. The number of hydrogen-bond acceptors (Lipinski definition) is 2. The molecule has 0 radical (unpaired) electrons. The number of benzene rings is 1. The van der Waals surface area contributed by atoms with Crippen LogP contribution in [0.25, 0.3) is 11.0 Å². The van der Waals surface area contributed by atoms with Gasteiger partial charge in [0.25, 0.3) is 0 Å². The fourth-order valence-corrected chi connectivity index (χ4v) is 2.00. The molecule has 0 aliphatic carbocycles. The van der Waals surface area contributed by atoms with Crippen LogP contribution in [0.1, 0.15) is 31.2 Å². The van der Waals surface area contributed by atoms with Gasteiger partial charge in [-0.2, -0.15) is 0 Å². The molecule has 1 aromatic carbocycles. The van der Waals surface area contributed by atoms with Crippen LogP contribution in [-0.4, -0.2) is 7.05 Å². The molecule has 80 valence electrons. The lowest BCUT2D eigenvalue weighted by Gasteiger charge is -2.10. The van der Waals surface area contributed by atoms with Gasteiger partial charge in [-0.05, 0) is 20.0 Å². The molecule has 0 saturated carbocycles. The summed E-state index contributed by atoms with van der Waals surface area (Å²) >= 11 is 0. The zero-order valence-corrected chi connectivity index (χ0v) is 9.50. The van der Waals surface area contributed by atoms with Crippen molar-refractivity contribution in [1.29, 1.82) is 0 Å². The van der Waals surface area contributed by atoms with Crippen molar-refractivity contribution >= 4 is 11.0 Å². The number of aryl methyl sites for hydroxylation is 1. The summed E-state index contributed by atoms with van der Waals surface area (Å²) in [4.78, 5) is 0. The molecule has 1 atom stereocenters. The van der Waals surface area contributed by atoms with Gasteiger partial charge in [-0.3, -0.25) is 0 Å². The van der Waals surface area contributed by atoms with Crippen LogP contribution in [0.15, 0.2) is 28.7 Å². The standard InChI is InChI=1S/C13H17NO/c1-4-11-13(9(2)14-3)10-7-5-6-8-12(10)15-11/h5-9,14H,4H2,1-3H3. The van der Waals surface area contributed by atoms with Gasteiger partial charge in [0.15, 0.2) is 0 Å². The largest absolute Gasteiger partial charge is 0.461 e. The number of hydrogen-bond donors (Lipinski definition) is 1. The SMILES string of the molecule is CCc1oc2ccccc2c1C(C)NC. The lowest BCUT2D eigenvalue weighted by Crippen LogP contribution is -2.13. The maximum Gasteiger partial charge on any atom is 0.134 e. The third-order valence-corrected chi connectivity index (χ3v) is 2.90. The van der Waals surface area contributed by atoms with Crippen molar-refractivity contribution in [2.45, 2.75) is 26.3 Å². The highest BCUT2D eigenvalue weighted by molar-refractivity contribution is 5.82. The third-order valence-electron chi connectivity index (χ3n) is 2.90. The predicted octanol–water partition coefficient (Wildman–Crippen LogP) is 3.28. The number of rotatable bonds is 3. The number of furan rings is 1. The van der Waals surface area contributed by atoms with Gasteiger partial charge in [-0.25, -0.2) is 0 Å². The zero-order chi connectivity index (χ0) is 10.8. The summed E-state index contributed by atoms with van der Waals surface area (Å²) in [5, 5.41) is 4.51. The quantitative estimate of drug-likeness (QED) is 0.828. The van der Waals surface area contributed by atoms with E-state index in [-0.39, 0.29) is 0 Å². The fourth-order valence-electron chi connectivity index (χ4n) is 2.00. The summed E-state index contributed by atoms with van der Waals surface area (Å²) < 4.78 is 5.83. The van der Waals surface area contributed by atoms with Crippen LogP contribution in [0, 0.1) is 0 Å². The average molecular weight is 203 g/mol. The maximum atomic E-state index is 5.83. The summed E-state index contributed by atoms with van der Waals surface area (Å²) in [5.74, 6) is 1.10. The van der Waals surface area contributed by atoms with E-state index >= 15 is 0 Å². The molecule has 0 bridgehead atoms.